The Kier molecular flexibility index (Phi) is 6.23. The lowest BCUT2D eigenvalue weighted by atomic mass is 10.1. The number of carbonyl (C=O) groups is 1. The molecule has 1 aromatic carbocycles. The fourth-order valence-corrected chi connectivity index (χ4v) is 3.48. The molecule has 1 saturated heterocycles. The number of hydrogen-bond acceptors (Lipinski definition) is 4. The second-order valence-corrected chi connectivity index (χ2v) is 6.74. The van der Waals surface area contributed by atoms with Crippen molar-refractivity contribution in [1.29, 1.82) is 0 Å². The number of amides is 1. The lowest BCUT2D eigenvalue weighted by Gasteiger charge is -2.31. The van der Waals surface area contributed by atoms with Crippen LogP contribution in [-0.4, -0.2) is 46.9 Å². The van der Waals surface area contributed by atoms with Gasteiger partial charge in [0.15, 0.2) is 0 Å². The maximum atomic E-state index is 12.8. The van der Waals surface area contributed by atoms with Crippen molar-refractivity contribution in [3.05, 3.63) is 59.9 Å². The molecular formula is C21H27N3O2. The molecule has 5 nitrogen and oxygen atoms in total. The van der Waals surface area contributed by atoms with E-state index in [1.807, 2.05) is 35.2 Å². The first-order chi connectivity index (χ1) is 12.7. The third kappa shape index (κ3) is 4.61. The largest absolute Gasteiger partial charge is 0.497 e. The van der Waals surface area contributed by atoms with Crippen molar-refractivity contribution in [2.24, 2.45) is 0 Å². The Morgan fingerprint density at radius 2 is 2.00 bits per heavy atom. The summed E-state index contributed by atoms with van der Waals surface area (Å²) >= 11 is 0. The molecule has 1 amide bonds. The second-order valence-electron chi connectivity index (χ2n) is 6.74. The molecule has 0 radical (unpaired) electrons. The summed E-state index contributed by atoms with van der Waals surface area (Å²) in [5.74, 6) is 1.06. The van der Waals surface area contributed by atoms with E-state index < -0.39 is 0 Å². The number of aromatic nitrogens is 1. The van der Waals surface area contributed by atoms with Crippen LogP contribution in [0, 0.1) is 0 Å². The Bertz CT molecular complexity index is 720. The molecule has 1 aliphatic rings. The number of ether oxygens (including phenoxy) is 1. The van der Waals surface area contributed by atoms with Crippen LogP contribution >= 0.6 is 0 Å². The highest BCUT2D eigenvalue weighted by Crippen LogP contribution is 2.20. The average Bonchev–Trinajstić information content (AvgIpc) is 2.82. The molecule has 2 heterocycles. The van der Waals surface area contributed by atoms with Crippen molar-refractivity contribution >= 4 is 5.91 Å². The van der Waals surface area contributed by atoms with Gasteiger partial charge >= 0.3 is 0 Å². The van der Waals surface area contributed by atoms with Crippen molar-refractivity contribution in [3.8, 4) is 5.75 Å². The number of carbonyl (C=O) groups excluding carboxylic acids is 1. The van der Waals surface area contributed by atoms with E-state index in [-0.39, 0.29) is 11.9 Å². The molecule has 26 heavy (non-hydrogen) atoms. The molecular weight excluding hydrogens is 326 g/mol. The van der Waals surface area contributed by atoms with Gasteiger partial charge < -0.3 is 9.64 Å². The van der Waals surface area contributed by atoms with Gasteiger partial charge in [-0.1, -0.05) is 37.3 Å². The van der Waals surface area contributed by atoms with E-state index in [1.165, 1.54) is 5.56 Å². The Hall–Kier alpha value is -2.40. The number of rotatable bonds is 6. The van der Waals surface area contributed by atoms with Crippen LogP contribution in [-0.2, 0) is 17.9 Å². The molecule has 138 valence electrons. The Morgan fingerprint density at radius 1 is 1.19 bits per heavy atom. The normalized spacial score (nSPS) is 18.6. The maximum Gasteiger partial charge on any atom is 0.224 e. The lowest BCUT2D eigenvalue weighted by Crippen LogP contribution is -2.42. The summed E-state index contributed by atoms with van der Waals surface area (Å²) in [5, 5.41) is 0. The van der Waals surface area contributed by atoms with Crippen molar-refractivity contribution < 1.29 is 9.53 Å². The van der Waals surface area contributed by atoms with E-state index in [0.717, 1.165) is 37.5 Å². The standard InChI is InChI=1S/C21H27N3O2/c1-3-19-16-23(15-18-13-20(26-2)9-11-22-18)12-10-21(25)24(19)14-17-7-5-4-6-8-17/h4-9,11,13,19H,3,10,12,14-16H2,1-2H3/t19-/m0/s1. The van der Waals surface area contributed by atoms with Crippen LogP contribution in [0.15, 0.2) is 48.7 Å². The van der Waals surface area contributed by atoms with Crippen LogP contribution in [0.4, 0.5) is 0 Å². The zero-order valence-electron chi connectivity index (χ0n) is 15.6. The van der Waals surface area contributed by atoms with Gasteiger partial charge in [0.2, 0.25) is 5.91 Å². The zero-order chi connectivity index (χ0) is 18.4. The highest BCUT2D eigenvalue weighted by Gasteiger charge is 2.28. The van der Waals surface area contributed by atoms with E-state index in [0.29, 0.717) is 13.0 Å². The molecule has 0 bridgehead atoms. The number of hydrogen-bond donors (Lipinski definition) is 0. The predicted molar refractivity (Wildman–Crippen MR) is 102 cm³/mol. The minimum Gasteiger partial charge on any atom is -0.497 e. The summed E-state index contributed by atoms with van der Waals surface area (Å²) in [5.41, 5.74) is 2.16. The first-order valence-electron chi connectivity index (χ1n) is 9.24. The van der Waals surface area contributed by atoms with E-state index >= 15 is 0 Å². The Balaban J connectivity index is 1.71. The van der Waals surface area contributed by atoms with E-state index in [4.69, 9.17) is 4.74 Å². The van der Waals surface area contributed by atoms with Crippen molar-refractivity contribution in [2.75, 3.05) is 20.2 Å². The van der Waals surface area contributed by atoms with Crippen LogP contribution in [0.1, 0.15) is 31.0 Å². The molecule has 0 aliphatic carbocycles. The fourth-order valence-electron chi connectivity index (χ4n) is 3.48. The van der Waals surface area contributed by atoms with E-state index in [9.17, 15) is 4.79 Å². The predicted octanol–water partition coefficient (Wildman–Crippen LogP) is 3.10. The number of methoxy groups -OCH3 is 1. The number of benzene rings is 1. The van der Waals surface area contributed by atoms with Crippen LogP contribution in [0.3, 0.4) is 0 Å². The van der Waals surface area contributed by atoms with Gasteiger partial charge in [0.05, 0.1) is 12.8 Å². The van der Waals surface area contributed by atoms with E-state index in [2.05, 4.69) is 28.9 Å². The maximum absolute atomic E-state index is 12.8. The smallest absolute Gasteiger partial charge is 0.224 e. The lowest BCUT2D eigenvalue weighted by molar-refractivity contribution is -0.133. The molecule has 2 aromatic rings. The van der Waals surface area contributed by atoms with Crippen LogP contribution in [0.2, 0.25) is 0 Å². The van der Waals surface area contributed by atoms with Gasteiger partial charge in [-0.15, -0.1) is 0 Å². The minimum absolute atomic E-state index is 0.218. The van der Waals surface area contributed by atoms with Gasteiger partial charge in [0.25, 0.3) is 0 Å². The molecule has 0 saturated carbocycles. The van der Waals surface area contributed by atoms with Gasteiger partial charge in [-0.2, -0.15) is 0 Å². The molecule has 5 heteroatoms. The molecule has 0 N–H and O–H groups in total. The SMILES string of the molecule is CC[C@H]1CN(Cc2cc(OC)ccn2)CCC(=O)N1Cc1ccccc1. The summed E-state index contributed by atoms with van der Waals surface area (Å²) in [6.07, 6.45) is 3.27. The quantitative estimate of drug-likeness (QED) is 0.801. The van der Waals surface area contributed by atoms with Crippen LogP contribution in [0.5, 0.6) is 5.75 Å². The number of nitrogens with zero attached hydrogens (tertiary/aromatic N) is 3. The van der Waals surface area contributed by atoms with Crippen LogP contribution < -0.4 is 4.74 Å². The third-order valence-electron chi connectivity index (χ3n) is 4.95. The summed E-state index contributed by atoms with van der Waals surface area (Å²) in [6.45, 7) is 5.21. The first-order valence-corrected chi connectivity index (χ1v) is 9.24. The fraction of sp³-hybridized carbons (Fsp3) is 0.429. The first kappa shape index (κ1) is 18.4. The molecule has 1 aliphatic heterocycles. The summed E-state index contributed by atoms with van der Waals surface area (Å²) in [7, 11) is 1.66. The topological polar surface area (TPSA) is 45.7 Å². The number of pyridine rings is 1. The van der Waals surface area contributed by atoms with Gasteiger partial charge in [-0.25, -0.2) is 0 Å². The van der Waals surface area contributed by atoms with Gasteiger partial charge in [0.1, 0.15) is 5.75 Å². The molecule has 1 aromatic heterocycles. The van der Waals surface area contributed by atoms with Crippen molar-refractivity contribution in [3.63, 3.8) is 0 Å². The average molecular weight is 353 g/mol. The summed E-state index contributed by atoms with van der Waals surface area (Å²) in [6, 6.07) is 14.3. The minimum atomic E-state index is 0.218. The van der Waals surface area contributed by atoms with Crippen molar-refractivity contribution in [2.45, 2.75) is 38.9 Å². The van der Waals surface area contributed by atoms with E-state index in [1.54, 1.807) is 13.3 Å². The van der Waals surface area contributed by atoms with Gasteiger partial charge in [-0.05, 0) is 18.1 Å². The highest BCUT2D eigenvalue weighted by molar-refractivity contribution is 5.77. The van der Waals surface area contributed by atoms with Gasteiger partial charge in [0, 0.05) is 50.9 Å². The summed E-state index contributed by atoms with van der Waals surface area (Å²) < 4.78 is 5.29. The molecule has 0 spiro atoms. The molecule has 1 fully saturated rings. The summed E-state index contributed by atoms with van der Waals surface area (Å²) in [4.78, 5) is 21.6. The third-order valence-corrected chi connectivity index (χ3v) is 4.95. The molecule has 0 unspecified atom stereocenters. The Labute approximate surface area is 155 Å². The molecule has 1 atom stereocenters. The zero-order valence-corrected chi connectivity index (χ0v) is 15.6. The van der Waals surface area contributed by atoms with Crippen molar-refractivity contribution in [1.82, 2.24) is 14.8 Å². The van der Waals surface area contributed by atoms with Crippen LogP contribution in [0.25, 0.3) is 0 Å². The monoisotopic (exact) mass is 353 g/mol. The second kappa shape index (κ2) is 8.81. The highest BCUT2D eigenvalue weighted by atomic mass is 16.5. The Morgan fingerprint density at radius 3 is 2.73 bits per heavy atom. The molecule has 3 rings (SSSR count). The van der Waals surface area contributed by atoms with Gasteiger partial charge in [-0.3, -0.25) is 14.7 Å².